The van der Waals surface area contributed by atoms with Gasteiger partial charge >= 0.3 is 0 Å². The van der Waals surface area contributed by atoms with Gasteiger partial charge in [-0.2, -0.15) is 5.26 Å². The minimum absolute atomic E-state index is 0.0943. The van der Waals surface area contributed by atoms with Gasteiger partial charge in [0.15, 0.2) is 6.19 Å². The molecule has 1 N–H and O–H groups in total. The Hall–Kier alpha value is -1.19. The molecule has 0 saturated heterocycles. The summed E-state index contributed by atoms with van der Waals surface area (Å²) >= 11 is 1.52. The summed E-state index contributed by atoms with van der Waals surface area (Å²) in [5.74, 6) is 0. The Morgan fingerprint density at radius 3 is 2.36 bits per heavy atom. The highest BCUT2D eigenvalue weighted by atomic mass is 32.2. The second-order valence-corrected chi connectivity index (χ2v) is 4.95. The summed E-state index contributed by atoms with van der Waals surface area (Å²) in [5, 5.41) is 8.22. The minimum atomic E-state index is -3.66. The molecule has 0 atom stereocenters. The zero-order chi connectivity index (χ0) is 10.6. The first-order chi connectivity index (χ1) is 6.60. The van der Waals surface area contributed by atoms with Crippen molar-refractivity contribution in [2.75, 3.05) is 6.26 Å². The molecule has 4 nitrogen and oxygen atoms in total. The average Bonchev–Trinajstić information content (AvgIpc) is 2.18. The van der Waals surface area contributed by atoms with Crippen LogP contribution in [0.4, 0.5) is 0 Å². The van der Waals surface area contributed by atoms with Crippen molar-refractivity contribution in [1.82, 2.24) is 4.72 Å². The molecule has 0 radical (unpaired) electrons. The van der Waals surface area contributed by atoms with Crippen molar-refractivity contribution in [3.8, 4) is 6.19 Å². The Balaban J connectivity index is 3.05. The summed E-state index contributed by atoms with van der Waals surface area (Å²) in [7, 11) is -3.66. The summed E-state index contributed by atoms with van der Waals surface area (Å²) in [5.41, 5.74) is 0. The molecule has 0 aliphatic carbocycles. The van der Waals surface area contributed by atoms with Crippen molar-refractivity contribution in [2.24, 2.45) is 0 Å². The summed E-state index contributed by atoms with van der Waals surface area (Å²) in [6.45, 7) is 0. The molecule has 74 valence electrons. The van der Waals surface area contributed by atoms with E-state index in [4.69, 9.17) is 5.26 Å². The molecule has 0 aliphatic heterocycles. The van der Waals surface area contributed by atoms with Crippen LogP contribution in [0.2, 0.25) is 0 Å². The smallest absolute Gasteiger partial charge is 0.215 e. The van der Waals surface area contributed by atoms with Gasteiger partial charge in [0.05, 0.1) is 4.90 Å². The molecule has 0 aromatic heterocycles. The molecule has 6 heteroatoms. The first-order valence-corrected chi connectivity index (χ1v) is 6.36. The van der Waals surface area contributed by atoms with E-state index in [2.05, 4.69) is 0 Å². The number of benzene rings is 1. The van der Waals surface area contributed by atoms with E-state index in [1.807, 2.05) is 6.26 Å². The molecule has 0 amide bonds. The lowest BCUT2D eigenvalue weighted by Gasteiger charge is -2.01. The summed E-state index contributed by atoms with van der Waals surface area (Å²) in [6, 6.07) is 6.31. The van der Waals surface area contributed by atoms with Crippen molar-refractivity contribution >= 4 is 21.8 Å². The number of rotatable bonds is 3. The van der Waals surface area contributed by atoms with Crippen LogP contribution < -0.4 is 4.72 Å². The third-order valence-corrected chi connectivity index (χ3v) is 3.55. The van der Waals surface area contributed by atoms with E-state index >= 15 is 0 Å². The van der Waals surface area contributed by atoms with Crippen LogP contribution in [0.1, 0.15) is 0 Å². The number of hydrogen-bond acceptors (Lipinski definition) is 4. The van der Waals surface area contributed by atoms with Crippen LogP contribution >= 0.6 is 11.8 Å². The largest absolute Gasteiger partial charge is 0.270 e. The molecule has 0 unspecified atom stereocenters. The molecular weight excluding hydrogens is 220 g/mol. The van der Waals surface area contributed by atoms with Gasteiger partial charge in [-0.3, -0.25) is 0 Å². The second kappa shape index (κ2) is 4.35. The second-order valence-electron chi connectivity index (χ2n) is 2.39. The summed E-state index contributed by atoms with van der Waals surface area (Å²) < 4.78 is 24.3. The molecule has 0 heterocycles. The lowest BCUT2D eigenvalue weighted by Crippen LogP contribution is -2.17. The van der Waals surface area contributed by atoms with Gasteiger partial charge in [0.2, 0.25) is 0 Å². The van der Waals surface area contributed by atoms with E-state index in [1.165, 1.54) is 30.1 Å². The summed E-state index contributed by atoms with van der Waals surface area (Å²) in [6.07, 6.45) is 3.29. The molecule has 0 fully saturated rings. The third-order valence-electron chi connectivity index (χ3n) is 1.55. The molecule has 0 saturated carbocycles. The first-order valence-electron chi connectivity index (χ1n) is 3.65. The number of nitrogens with one attached hydrogen (secondary N) is 1. The van der Waals surface area contributed by atoms with Gasteiger partial charge in [-0.25, -0.2) is 13.1 Å². The molecule has 0 bridgehead atoms. The van der Waals surface area contributed by atoms with Crippen LogP contribution in [-0.2, 0) is 10.0 Å². The lowest BCUT2D eigenvalue weighted by molar-refractivity contribution is 0.591. The Morgan fingerprint density at radius 1 is 1.36 bits per heavy atom. The fraction of sp³-hybridized carbons (Fsp3) is 0.125. The van der Waals surface area contributed by atoms with Gasteiger partial charge in [0.25, 0.3) is 10.0 Å². The maximum absolute atomic E-state index is 11.3. The van der Waals surface area contributed by atoms with E-state index in [0.717, 1.165) is 4.90 Å². The standard InChI is InChI=1S/C8H8N2O2S2/c1-13-7-2-4-8(5-3-7)14(11,12)10-6-9/h2-5,10H,1H3. The number of nitriles is 1. The summed E-state index contributed by atoms with van der Waals surface area (Å²) in [4.78, 5) is 1.07. The van der Waals surface area contributed by atoms with Crippen LogP contribution in [0.15, 0.2) is 34.1 Å². The minimum Gasteiger partial charge on any atom is -0.215 e. The van der Waals surface area contributed by atoms with Crippen molar-refractivity contribution in [2.45, 2.75) is 9.79 Å². The Labute approximate surface area is 87.0 Å². The van der Waals surface area contributed by atoms with Crippen molar-refractivity contribution in [1.29, 1.82) is 5.26 Å². The van der Waals surface area contributed by atoms with Gasteiger partial charge in [-0.15, -0.1) is 11.8 Å². The third kappa shape index (κ3) is 2.40. The highest BCUT2D eigenvalue weighted by molar-refractivity contribution is 7.98. The van der Waals surface area contributed by atoms with Gasteiger partial charge in [-0.1, -0.05) is 0 Å². The van der Waals surface area contributed by atoms with Crippen LogP contribution in [0.25, 0.3) is 0 Å². The molecule has 1 rings (SSSR count). The van der Waals surface area contributed by atoms with Crippen LogP contribution in [0.3, 0.4) is 0 Å². The van der Waals surface area contributed by atoms with Crippen molar-refractivity contribution in [3.05, 3.63) is 24.3 Å². The van der Waals surface area contributed by atoms with Gasteiger partial charge in [-0.05, 0) is 30.5 Å². The fourth-order valence-corrected chi connectivity index (χ4v) is 2.01. The highest BCUT2D eigenvalue weighted by Gasteiger charge is 2.11. The van der Waals surface area contributed by atoms with E-state index in [0.29, 0.717) is 0 Å². The Kier molecular flexibility index (Phi) is 3.38. The van der Waals surface area contributed by atoms with Gasteiger partial charge in [0.1, 0.15) is 0 Å². The van der Waals surface area contributed by atoms with Crippen molar-refractivity contribution in [3.63, 3.8) is 0 Å². The van der Waals surface area contributed by atoms with Crippen LogP contribution in [0, 0.1) is 11.5 Å². The maximum Gasteiger partial charge on any atom is 0.270 e. The Morgan fingerprint density at radius 2 is 1.93 bits per heavy atom. The average molecular weight is 228 g/mol. The maximum atomic E-state index is 11.3. The Bertz CT molecular complexity index is 445. The predicted octanol–water partition coefficient (Wildman–Crippen LogP) is 1.17. The highest BCUT2D eigenvalue weighted by Crippen LogP contribution is 2.17. The zero-order valence-electron chi connectivity index (χ0n) is 7.39. The van der Waals surface area contributed by atoms with Crippen LogP contribution in [-0.4, -0.2) is 14.7 Å². The van der Waals surface area contributed by atoms with Crippen molar-refractivity contribution < 1.29 is 8.42 Å². The number of sulfonamides is 1. The molecule has 14 heavy (non-hydrogen) atoms. The van der Waals surface area contributed by atoms with E-state index in [-0.39, 0.29) is 4.90 Å². The van der Waals surface area contributed by atoms with E-state index < -0.39 is 10.0 Å². The predicted molar refractivity (Wildman–Crippen MR) is 54.2 cm³/mol. The first kappa shape index (κ1) is 10.9. The van der Waals surface area contributed by atoms with Crippen LogP contribution in [0.5, 0.6) is 0 Å². The monoisotopic (exact) mass is 228 g/mol. The van der Waals surface area contributed by atoms with Gasteiger partial charge < -0.3 is 0 Å². The van der Waals surface area contributed by atoms with E-state index in [1.54, 1.807) is 16.9 Å². The zero-order valence-corrected chi connectivity index (χ0v) is 9.02. The number of thioether (sulfide) groups is 1. The number of hydrogen-bond donors (Lipinski definition) is 1. The molecule has 1 aromatic carbocycles. The lowest BCUT2D eigenvalue weighted by atomic mass is 10.4. The molecular formula is C8H8N2O2S2. The molecule has 1 aromatic rings. The molecule has 0 aliphatic rings. The van der Waals surface area contributed by atoms with E-state index in [9.17, 15) is 8.42 Å². The fourth-order valence-electron chi connectivity index (χ4n) is 0.874. The topological polar surface area (TPSA) is 70.0 Å². The van der Waals surface area contributed by atoms with Gasteiger partial charge in [0, 0.05) is 4.90 Å². The quantitative estimate of drug-likeness (QED) is 0.479. The normalized spacial score (nSPS) is 10.6. The molecule has 0 spiro atoms. The SMILES string of the molecule is CSc1ccc(S(=O)(=O)NC#N)cc1. The number of nitrogens with zero attached hydrogens (tertiary/aromatic N) is 1.